The average molecular weight is 337 g/mol. The van der Waals surface area contributed by atoms with Gasteiger partial charge in [-0.05, 0) is 35.2 Å². The summed E-state index contributed by atoms with van der Waals surface area (Å²) in [6.07, 6.45) is 0.925. The molecule has 1 aliphatic rings. The van der Waals surface area contributed by atoms with Gasteiger partial charge >= 0.3 is 0 Å². The molecule has 0 atom stereocenters. The van der Waals surface area contributed by atoms with Crippen molar-refractivity contribution in [2.24, 2.45) is 0 Å². The third-order valence-corrected chi connectivity index (χ3v) is 4.66. The third-order valence-electron chi connectivity index (χ3n) is 4.16. The van der Waals surface area contributed by atoms with Crippen LogP contribution < -0.4 is 5.56 Å². The number of hydrogen-bond acceptors (Lipinski definition) is 2. The molecule has 2 aromatic heterocycles. The molecule has 100 valence electrons. The van der Waals surface area contributed by atoms with Gasteiger partial charge in [0.15, 0.2) is 0 Å². The van der Waals surface area contributed by atoms with Gasteiger partial charge in [0.05, 0.1) is 11.0 Å². The normalized spacial score (nSPS) is 13.0. The second-order valence-corrected chi connectivity index (χ2v) is 6.30. The van der Waals surface area contributed by atoms with Crippen molar-refractivity contribution in [3.8, 4) is 0 Å². The Morgan fingerprint density at radius 2 is 1.86 bits per heavy atom. The lowest BCUT2D eigenvalue weighted by molar-refractivity contribution is 1.18. The van der Waals surface area contributed by atoms with Gasteiger partial charge in [0.2, 0.25) is 0 Å². The van der Waals surface area contributed by atoms with Crippen molar-refractivity contribution < 1.29 is 0 Å². The number of benzene rings is 2. The maximum atomic E-state index is 12.9. The molecule has 3 nitrogen and oxygen atoms in total. The first-order valence-corrected chi connectivity index (χ1v) is 7.58. The molecule has 5 rings (SSSR count). The van der Waals surface area contributed by atoms with E-state index < -0.39 is 0 Å². The maximum absolute atomic E-state index is 12.9. The van der Waals surface area contributed by atoms with Crippen LogP contribution in [0.1, 0.15) is 11.1 Å². The third kappa shape index (κ3) is 1.43. The molecule has 4 aromatic rings. The average Bonchev–Trinajstić information content (AvgIpc) is 3.21. The summed E-state index contributed by atoms with van der Waals surface area (Å²) in [5.41, 5.74) is 4.99. The molecule has 0 bridgehead atoms. The highest BCUT2D eigenvalue weighted by molar-refractivity contribution is 9.10. The molecule has 2 heterocycles. The Kier molecular flexibility index (Phi) is 2.02. The first-order chi connectivity index (χ1) is 10.2. The Morgan fingerprint density at radius 3 is 2.71 bits per heavy atom. The summed E-state index contributed by atoms with van der Waals surface area (Å²) < 4.78 is 2.73. The molecule has 2 aromatic carbocycles. The van der Waals surface area contributed by atoms with Crippen LogP contribution in [-0.4, -0.2) is 9.38 Å². The van der Waals surface area contributed by atoms with E-state index in [9.17, 15) is 4.79 Å². The summed E-state index contributed by atoms with van der Waals surface area (Å²) in [7, 11) is 0. The van der Waals surface area contributed by atoms with Crippen molar-refractivity contribution in [2.75, 3.05) is 0 Å². The van der Waals surface area contributed by atoms with Crippen molar-refractivity contribution in [1.82, 2.24) is 9.38 Å². The minimum absolute atomic E-state index is 0.0117. The summed E-state index contributed by atoms with van der Waals surface area (Å²) in [4.78, 5) is 17.6. The van der Waals surface area contributed by atoms with Crippen LogP contribution in [0.2, 0.25) is 0 Å². The zero-order valence-corrected chi connectivity index (χ0v) is 12.5. The fourth-order valence-corrected chi connectivity index (χ4v) is 3.47. The van der Waals surface area contributed by atoms with E-state index in [4.69, 9.17) is 0 Å². The van der Waals surface area contributed by atoms with Crippen LogP contribution in [0.5, 0.6) is 0 Å². The highest BCUT2D eigenvalue weighted by atomic mass is 79.9. The molecule has 1 aliphatic carbocycles. The van der Waals surface area contributed by atoms with Crippen LogP contribution in [0.4, 0.5) is 0 Å². The van der Waals surface area contributed by atoms with Gasteiger partial charge < -0.3 is 0 Å². The SMILES string of the molecule is O=c1c2ccccc2c2c(c3nc4cc(Br)ccc4n13)C2. The zero-order chi connectivity index (χ0) is 14.1. The zero-order valence-electron chi connectivity index (χ0n) is 10.9. The summed E-state index contributed by atoms with van der Waals surface area (Å²) in [5, 5.41) is 1.83. The molecule has 4 heteroatoms. The Bertz CT molecular complexity index is 1140. The Hall–Kier alpha value is -2.20. The minimum Gasteiger partial charge on any atom is -0.268 e. The number of aromatic nitrogens is 2. The quantitative estimate of drug-likeness (QED) is 0.432. The molecule has 0 aliphatic heterocycles. The Balaban J connectivity index is 2.16. The lowest BCUT2D eigenvalue weighted by Gasteiger charge is -1.94. The van der Waals surface area contributed by atoms with E-state index in [-0.39, 0.29) is 5.56 Å². The smallest absolute Gasteiger partial charge is 0.264 e. The van der Waals surface area contributed by atoms with Crippen molar-refractivity contribution in [2.45, 2.75) is 6.42 Å². The van der Waals surface area contributed by atoms with Crippen LogP contribution in [0.15, 0.2) is 51.7 Å². The molecule has 0 unspecified atom stereocenters. The Labute approximate surface area is 128 Å². The van der Waals surface area contributed by atoms with E-state index >= 15 is 0 Å². The molecule has 0 saturated carbocycles. The molecule has 0 saturated heterocycles. The molecule has 0 spiro atoms. The predicted molar refractivity (Wildman–Crippen MR) is 87.0 cm³/mol. The van der Waals surface area contributed by atoms with Crippen molar-refractivity contribution in [1.29, 1.82) is 0 Å². The van der Waals surface area contributed by atoms with Crippen LogP contribution in [0.25, 0.3) is 27.5 Å². The molecule has 21 heavy (non-hydrogen) atoms. The lowest BCUT2D eigenvalue weighted by Crippen LogP contribution is -2.09. The number of hydrogen-bond donors (Lipinski definition) is 0. The van der Waals surface area contributed by atoms with Crippen LogP contribution in [0.3, 0.4) is 0 Å². The first-order valence-electron chi connectivity index (χ1n) is 6.78. The standard InChI is InChI=1S/C17H9BrN2O/c18-9-5-6-15-14(7-9)19-16-13-8-12(13)10-3-1-2-4-11(10)17(21)20(15)16/h1-7H,8H2. The molecule has 0 amide bonds. The monoisotopic (exact) mass is 336 g/mol. The van der Waals surface area contributed by atoms with E-state index in [0.29, 0.717) is 0 Å². The van der Waals surface area contributed by atoms with Crippen LogP contribution >= 0.6 is 15.9 Å². The fraction of sp³-hybridized carbons (Fsp3) is 0.0588. The molecular formula is C17H9BrN2O. The van der Waals surface area contributed by atoms with Gasteiger partial charge in [-0.1, -0.05) is 34.1 Å². The molecule has 0 N–H and O–H groups in total. The minimum atomic E-state index is 0.0117. The van der Waals surface area contributed by atoms with Gasteiger partial charge in [-0.25, -0.2) is 4.98 Å². The molecular weight excluding hydrogens is 328 g/mol. The second kappa shape index (κ2) is 3.71. The van der Waals surface area contributed by atoms with E-state index in [1.54, 1.807) is 4.40 Å². The fourth-order valence-electron chi connectivity index (χ4n) is 3.12. The highest BCUT2D eigenvalue weighted by Gasteiger charge is 2.26. The Morgan fingerprint density at radius 1 is 1.05 bits per heavy atom. The van der Waals surface area contributed by atoms with Crippen molar-refractivity contribution in [3.05, 3.63) is 68.4 Å². The summed E-state index contributed by atoms with van der Waals surface area (Å²) in [5.74, 6) is 0. The van der Waals surface area contributed by atoms with Crippen molar-refractivity contribution >= 4 is 43.4 Å². The van der Waals surface area contributed by atoms with E-state index in [2.05, 4.69) is 20.9 Å². The van der Waals surface area contributed by atoms with Gasteiger partial charge in [-0.3, -0.25) is 9.20 Å². The van der Waals surface area contributed by atoms with E-state index in [1.165, 1.54) is 11.1 Å². The number of fused-ring (bicyclic) bond motifs is 7. The number of imidazole rings is 1. The largest absolute Gasteiger partial charge is 0.268 e. The van der Waals surface area contributed by atoms with Gasteiger partial charge in [-0.2, -0.15) is 0 Å². The molecule has 0 radical (unpaired) electrons. The highest BCUT2D eigenvalue weighted by Crippen LogP contribution is 2.36. The van der Waals surface area contributed by atoms with E-state index in [0.717, 1.165) is 38.3 Å². The van der Waals surface area contributed by atoms with Gasteiger partial charge in [0, 0.05) is 21.8 Å². The van der Waals surface area contributed by atoms with Gasteiger partial charge in [0.25, 0.3) is 5.56 Å². The maximum Gasteiger partial charge on any atom is 0.264 e. The first kappa shape index (κ1) is 11.5. The topological polar surface area (TPSA) is 34.4 Å². The second-order valence-electron chi connectivity index (χ2n) is 5.39. The van der Waals surface area contributed by atoms with E-state index in [1.807, 2.05) is 42.5 Å². The summed E-state index contributed by atoms with van der Waals surface area (Å²) in [6.45, 7) is 0. The van der Waals surface area contributed by atoms with Gasteiger partial charge in [-0.15, -0.1) is 0 Å². The van der Waals surface area contributed by atoms with Gasteiger partial charge in [0.1, 0.15) is 5.65 Å². The van der Waals surface area contributed by atoms with Crippen LogP contribution in [0, 0.1) is 0 Å². The van der Waals surface area contributed by atoms with Crippen LogP contribution in [-0.2, 0) is 6.42 Å². The predicted octanol–water partition coefficient (Wildman–Crippen LogP) is 3.67. The summed E-state index contributed by atoms with van der Waals surface area (Å²) in [6, 6.07) is 13.7. The van der Waals surface area contributed by atoms with Crippen molar-refractivity contribution in [3.63, 3.8) is 0 Å². The number of nitrogens with zero attached hydrogens (tertiary/aromatic N) is 2. The molecule has 0 fully saturated rings. The number of halogens is 1. The number of rotatable bonds is 0. The summed E-state index contributed by atoms with van der Waals surface area (Å²) >= 11 is 3.46. The lowest BCUT2D eigenvalue weighted by atomic mass is 10.2.